The van der Waals surface area contributed by atoms with Crippen molar-refractivity contribution in [2.24, 2.45) is 9.98 Å². The van der Waals surface area contributed by atoms with Crippen molar-refractivity contribution in [3.05, 3.63) is 46.4 Å². The zero-order valence-electron chi connectivity index (χ0n) is 15.4. The van der Waals surface area contributed by atoms with Crippen LogP contribution in [0.2, 0.25) is 0 Å². The summed E-state index contributed by atoms with van der Waals surface area (Å²) in [6.07, 6.45) is 6.77. The Labute approximate surface area is 154 Å². The van der Waals surface area contributed by atoms with E-state index in [2.05, 4.69) is 21.8 Å². The number of carbonyl (C=O) groups is 1. The van der Waals surface area contributed by atoms with Crippen LogP contribution in [0.15, 0.2) is 56.4 Å². The average molecular weight is 359 g/mol. The van der Waals surface area contributed by atoms with E-state index in [4.69, 9.17) is 4.99 Å². The summed E-state index contributed by atoms with van der Waals surface area (Å²) in [5, 5.41) is 5.04. The molecule has 1 amide bonds. The molecule has 2 aliphatic rings. The predicted octanol–water partition coefficient (Wildman–Crippen LogP) is 3.29. The molecule has 2 aliphatic heterocycles. The third kappa shape index (κ3) is 4.51. The summed E-state index contributed by atoms with van der Waals surface area (Å²) >= 11 is 1.57. The molecule has 25 heavy (non-hydrogen) atoms. The summed E-state index contributed by atoms with van der Waals surface area (Å²) in [6.45, 7) is 11.0. The van der Waals surface area contributed by atoms with Gasteiger partial charge >= 0.3 is 0 Å². The number of nitrogens with one attached hydrogen (secondary N) is 1. The molecule has 0 aromatic rings. The van der Waals surface area contributed by atoms with E-state index < -0.39 is 0 Å². The molecule has 0 aromatic heterocycles. The smallest absolute Gasteiger partial charge is 0.217 e. The van der Waals surface area contributed by atoms with Crippen LogP contribution in [0.4, 0.5) is 0 Å². The summed E-state index contributed by atoms with van der Waals surface area (Å²) in [5.74, 6) is 0.885. The minimum absolute atomic E-state index is 0.00885. The van der Waals surface area contributed by atoms with Gasteiger partial charge in [0.05, 0.1) is 18.3 Å². The lowest BCUT2D eigenvalue weighted by molar-refractivity contribution is -0.119. The second-order valence-corrected chi connectivity index (χ2v) is 6.90. The van der Waals surface area contributed by atoms with E-state index in [9.17, 15) is 4.79 Å². The molecule has 1 saturated heterocycles. The van der Waals surface area contributed by atoms with Gasteiger partial charge in [-0.1, -0.05) is 30.5 Å². The van der Waals surface area contributed by atoms with E-state index in [-0.39, 0.29) is 11.9 Å². The first-order valence-corrected chi connectivity index (χ1v) is 9.27. The molecule has 2 rings (SSSR count). The van der Waals surface area contributed by atoms with Crippen LogP contribution < -0.4 is 5.32 Å². The number of amidine groups is 1. The normalized spacial score (nSPS) is 21.1. The number of fused-ring (bicyclic) bond motifs is 1. The summed E-state index contributed by atoms with van der Waals surface area (Å²) in [5.41, 5.74) is 3.26. The molecule has 0 aliphatic carbocycles. The summed E-state index contributed by atoms with van der Waals surface area (Å²) < 4.78 is 0. The Balaban J connectivity index is 2.37. The minimum atomic E-state index is -0.00885. The van der Waals surface area contributed by atoms with Crippen molar-refractivity contribution in [1.29, 1.82) is 0 Å². The molecule has 2 heterocycles. The number of allylic oxidation sites excluding steroid dienone is 3. The fraction of sp³-hybridized carbons (Fsp3) is 0.421. The molecule has 0 saturated carbocycles. The first-order chi connectivity index (χ1) is 12.0. The standard InChI is InChI=1S/C19H26N4OS/c1-6-8-17(20-5)16-11-21-19(13(3)25-9-7-2)23-12-15(10-18(16)23)22-14(4)24/h6-9,15H,3,10-12H2,1-2,4-5H3,(H,22,24)/b8-6-,9-7-,20-17?. The molecule has 0 spiro atoms. The maximum Gasteiger partial charge on any atom is 0.217 e. The topological polar surface area (TPSA) is 57.1 Å². The Bertz CT molecular complexity index is 700. The van der Waals surface area contributed by atoms with Crippen molar-refractivity contribution in [2.45, 2.75) is 33.2 Å². The first kappa shape index (κ1) is 19.2. The number of rotatable bonds is 6. The fourth-order valence-electron chi connectivity index (χ4n) is 3.09. The number of hydrogen-bond acceptors (Lipinski definition) is 5. The number of nitrogens with zero attached hydrogens (tertiary/aromatic N) is 3. The third-order valence-corrected chi connectivity index (χ3v) is 4.91. The van der Waals surface area contributed by atoms with Gasteiger partial charge in [0.15, 0.2) is 0 Å². The maximum absolute atomic E-state index is 11.5. The quantitative estimate of drug-likeness (QED) is 0.741. The zero-order chi connectivity index (χ0) is 18.4. The van der Waals surface area contributed by atoms with Crippen LogP contribution in [0, 0.1) is 0 Å². The van der Waals surface area contributed by atoms with Gasteiger partial charge in [-0.25, -0.2) is 0 Å². The van der Waals surface area contributed by atoms with Crippen LogP contribution >= 0.6 is 11.8 Å². The Hall–Kier alpha value is -2.08. The molecule has 5 nitrogen and oxygen atoms in total. The lowest BCUT2D eigenvalue weighted by Gasteiger charge is -2.29. The molecule has 1 unspecified atom stereocenters. The molecule has 0 radical (unpaired) electrons. The van der Waals surface area contributed by atoms with Crippen LogP contribution in [0.25, 0.3) is 0 Å². The van der Waals surface area contributed by atoms with Gasteiger partial charge in [0, 0.05) is 43.1 Å². The number of thioether (sulfide) groups is 1. The average Bonchev–Trinajstić information content (AvgIpc) is 2.99. The highest BCUT2D eigenvalue weighted by molar-refractivity contribution is 8.06. The molecule has 6 heteroatoms. The maximum atomic E-state index is 11.5. The van der Waals surface area contributed by atoms with Gasteiger partial charge in [-0.15, -0.1) is 0 Å². The second-order valence-electron chi connectivity index (χ2n) is 5.90. The van der Waals surface area contributed by atoms with Crippen molar-refractivity contribution in [3.8, 4) is 0 Å². The minimum Gasteiger partial charge on any atom is -0.351 e. The molecule has 1 N–H and O–H groups in total. The summed E-state index contributed by atoms with van der Waals surface area (Å²) in [7, 11) is 1.80. The predicted molar refractivity (Wildman–Crippen MR) is 108 cm³/mol. The molecule has 0 aromatic carbocycles. The van der Waals surface area contributed by atoms with Gasteiger partial charge in [-0.05, 0) is 25.3 Å². The highest BCUT2D eigenvalue weighted by atomic mass is 32.2. The van der Waals surface area contributed by atoms with Crippen molar-refractivity contribution < 1.29 is 4.79 Å². The number of amides is 1. The number of hydrogen-bond donors (Lipinski definition) is 1. The van der Waals surface area contributed by atoms with Gasteiger partial charge in [0.2, 0.25) is 5.91 Å². The third-order valence-electron chi connectivity index (χ3n) is 4.04. The van der Waals surface area contributed by atoms with Crippen LogP contribution in [0.1, 0.15) is 27.2 Å². The Morgan fingerprint density at radius 3 is 2.80 bits per heavy atom. The van der Waals surface area contributed by atoms with Crippen LogP contribution in [-0.2, 0) is 4.79 Å². The largest absolute Gasteiger partial charge is 0.351 e. The Morgan fingerprint density at radius 2 is 2.20 bits per heavy atom. The summed E-state index contributed by atoms with van der Waals surface area (Å²) in [6, 6.07) is 0.0778. The van der Waals surface area contributed by atoms with E-state index in [1.807, 2.05) is 37.5 Å². The zero-order valence-corrected chi connectivity index (χ0v) is 16.2. The van der Waals surface area contributed by atoms with E-state index >= 15 is 0 Å². The first-order valence-electron chi connectivity index (χ1n) is 8.39. The molecule has 1 atom stereocenters. The van der Waals surface area contributed by atoms with E-state index in [0.717, 1.165) is 28.4 Å². The Kier molecular flexibility index (Phi) is 6.82. The molecule has 134 valence electrons. The molecule has 0 bridgehead atoms. The SMILES string of the molecule is C=C(S/C=C\C)C1=NCC(C(/C=C\C)=NC)=C2CC(NC(C)=O)CN12. The molecular formula is C19H26N4OS. The van der Waals surface area contributed by atoms with E-state index in [1.165, 1.54) is 5.70 Å². The van der Waals surface area contributed by atoms with E-state index in [0.29, 0.717) is 13.1 Å². The van der Waals surface area contributed by atoms with Crippen molar-refractivity contribution in [1.82, 2.24) is 10.2 Å². The van der Waals surface area contributed by atoms with Crippen molar-refractivity contribution >= 4 is 29.2 Å². The van der Waals surface area contributed by atoms with Gasteiger partial charge in [-0.3, -0.25) is 14.8 Å². The van der Waals surface area contributed by atoms with Crippen molar-refractivity contribution in [3.63, 3.8) is 0 Å². The summed E-state index contributed by atoms with van der Waals surface area (Å²) in [4.78, 5) is 23.8. The van der Waals surface area contributed by atoms with Crippen molar-refractivity contribution in [2.75, 3.05) is 20.1 Å². The monoisotopic (exact) mass is 358 g/mol. The van der Waals surface area contributed by atoms with Gasteiger partial charge in [0.1, 0.15) is 5.84 Å². The molecular weight excluding hydrogens is 332 g/mol. The molecule has 1 fully saturated rings. The van der Waals surface area contributed by atoms with Gasteiger partial charge in [-0.2, -0.15) is 0 Å². The van der Waals surface area contributed by atoms with Gasteiger partial charge in [0.25, 0.3) is 0 Å². The van der Waals surface area contributed by atoms with Crippen LogP contribution in [-0.4, -0.2) is 48.5 Å². The van der Waals surface area contributed by atoms with E-state index in [1.54, 1.807) is 25.7 Å². The van der Waals surface area contributed by atoms with Crippen LogP contribution in [0.3, 0.4) is 0 Å². The fourth-order valence-corrected chi connectivity index (χ4v) is 3.67. The Morgan fingerprint density at radius 1 is 1.44 bits per heavy atom. The highest BCUT2D eigenvalue weighted by Crippen LogP contribution is 2.33. The lowest BCUT2D eigenvalue weighted by Crippen LogP contribution is -2.38. The highest BCUT2D eigenvalue weighted by Gasteiger charge is 2.36. The second kappa shape index (κ2) is 8.85. The lowest BCUT2D eigenvalue weighted by atomic mass is 10.0. The number of carbonyl (C=O) groups excluding carboxylic acids is 1. The van der Waals surface area contributed by atoms with Crippen LogP contribution in [0.5, 0.6) is 0 Å². The number of aliphatic imine (C=N–C) groups is 2. The van der Waals surface area contributed by atoms with Gasteiger partial charge < -0.3 is 10.2 Å².